The second-order valence-corrected chi connectivity index (χ2v) is 3.95. The van der Waals surface area contributed by atoms with Gasteiger partial charge in [-0.05, 0) is 0 Å². The lowest BCUT2D eigenvalue weighted by molar-refractivity contribution is 0.0961. The standard InChI is InChI=1S/C6H12N2O4S/c7-1-6-13(10,11)8-2-4-12-5-3-9/h8-9H,2-6H2. The van der Waals surface area contributed by atoms with Crippen molar-refractivity contribution in [2.75, 3.05) is 32.1 Å². The first kappa shape index (κ1) is 12.3. The number of aliphatic hydroxyl groups excluding tert-OH is 1. The highest BCUT2D eigenvalue weighted by molar-refractivity contribution is 7.89. The molecule has 2 N–H and O–H groups in total. The Bertz CT molecular complexity index is 256. The van der Waals surface area contributed by atoms with Gasteiger partial charge < -0.3 is 9.84 Å². The van der Waals surface area contributed by atoms with Crippen LogP contribution in [-0.2, 0) is 14.8 Å². The largest absolute Gasteiger partial charge is 0.394 e. The second-order valence-electron chi connectivity index (χ2n) is 2.15. The quantitative estimate of drug-likeness (QED) is 0.493. The van der Waals surface area contributed by atoms with Crippen LogP contribution in [0.15, 0.2) is 0 Å². The SMILES string of the molecule is N#CCS(=O)(=O)NCCOCCO. The van der Waals surface area contributed by atoms with Gasteiger partial charge in [-0.1, -0.05) is 0 Å². The maximum atomic E-state index is 10.8. The molecule has 6 nitrogen and oxygen atoms in total. The van der Waals surface area contributed by atoms with Crippen LogP contribution in [-0.4, -0.2) is 45.6 Å². The molecule has 0 fully saturated rings. The summed E-state index contributed by atoms with van der Waals surface area (Å²) < 4.78 is 28.6. The van der Waals surface area contributed by atoms with Crippen LogP contribution in [0.25, 0.3) is 0 Å². The van der Waals surface area contributed by atoms with Crippen LogP contribution in [0.1, 0.15) is 0 Å². The number of rotatable bonds is 7. The van der Waals surface area contributed by atoms with E-state index >= 15 is 0 Å². The molecule has 0 rings (SSSR count). The lowest BCUT2D eigenvalue weighted by Crippen LogP contribution is -2.29. The third-order valence-corrected chi connectivity index (χ3v) is 2.21. The molecule has 0 aliphatic heterocycles. The Morgan fingerprint density at radius 3 is 2.69 bits per heavy atom. The average Bonchev–Trinajstić information content (AvgIpc) is 2.04. The summed E-state index contributed by atoms with van der Waals surface area (Å²) in [6, 6.07) is 1.53. The molecular formula is C6H12N2O4S. The minimum absolute atomic E-state index is 0.0923. The fourth-order valence-electron chi connectivity index (χ4n) is 0.572. The van der Waals surface area contributed by atoms with Gasteiger partial charge in [0.25, 0.3) is 0 Å². The van der Waals surface area contributed by atoms with Crippen molar-refractivity contribution >= 4 is 10.0 Å². The normalized spacial score (nSPS) is 11.1. The monoisotopic (exact) mass is 208 g/mol. The molecule has 0 saturated carbocycles. The summed E-state index contributed by atoms with van der Waals surface area (Å²) in [4.78, 5) is 0. The van der Waals surface area contributed by atoms with Gasteiger partial charge >= 0.3 is 0 Å². The Balaban J connectivity index is 3.48. The van der Waals surface area contributed by atoms with E-state index in [2.05, 4.69) is 4.72 Å². The molecular weight excluding hydrogens is 196 g/mol. The van der Waals surface area contributed by atoms with E-state index in [0.29, 0.717) is 0 Å². The third kappa shape index (κ3) is 7.67. The highest BCUT2D eigenvalue weighted by atomic mass is 32.2. The Morgan fingerprint density at radius 2 is 2.15 bits per heavy atom. The molecule has 13 heavy (non-hydrogen) atoms. The minimum atomic E-state index is -3.47. The van der Waals surface area contributed by atoms with Gasteiger partial charge in [-0.3, -0.25) is 0 Å². The van der Waals surface area contributed by atoms with E-state index in [1.165, 1.54) is 6.07 Å². The molecule has 0 aliphatic carbocycles. The first-order chi connectivity index (χ1) is 6.12. The Morgan fingerprint density at radius 1 is 1.46 bits per heavy atom. The van der Waals surface area contributed by atoms with Crippen molar-refractivity contribution in [2.24, 2.45) is 0 Å². The van der Waals surface area contributed by atoms with Crippen LogP contribution >= 0.6 is 0 Å². The van der Waals surface area contributed by atoms with Crippen LogP contribution in [0.2, 0.25) is 0 Å². The zero-order valence-corrected chi connectivity index (χ0v) is 7.88. The summed E-state index contributed by atoms with van der Waals surface area (Å²) in [5, 5.41) is 16.4. The van der Waals surface area contributed by atoms with E-state index in [-0.39, 0.29) is 26.4 Å². The summed E-state index contributed by atoms with van der Waals surface area (Å²) >= 11 is 0. The van der Waals surface area contributed by atoms with Crippen molar-refractivity contribution in [3.05, 3.63) is 0 Å². The molecule has 0 saturated heterocycles. The predicted octanol–water partition coefficient (Wildman–Crippen LogP) is -1.56. The molecule has 0 spiro atoms. The van der Waals surface area contributed by atoms with Gasteiger partial charge in [-0.2, -0.15) is 5.26 Å². The number of hydrogen-bond donors (Lipinski definition) is 2. The van der Waals surface area contributed by atoms with Gasteiger partial charge in [0.2, 0.25) is 10.0 Å². The molecule has 0 unspecified atom stereocenters. The molecule has 76 valence electrons. The van der Waals surface area contributed by atoms with Crippen molar-refractivity contribution in [1.29, 1.82) is 5.26 Å². The number of ether oxygens (including phenoxy) is 1. The second kappa shape index (κ2) is 6.80. The van der Waals surface area contributed by atoms with E-state index in [9.17, 15) is 8.42 Å². The molecule has 0 aliphatic rings. The van der Waals surface area contributed by atoms with Crippen molar-refractivity contribution in [3.63, 3.8) is 0 Å². The van der Waals surface area contributed by atoms with E-state index in [0.717, 1.165) is 0 Å². The van der Waals surface area contributed by atoms with Crippen molar-refractivity contribution < 1.29 is 18.3 Å². The van der Waals surface area contributed by atoms with E-state index in [4.69, 9.17) is 15.1 Å². The molecule has 0 aromatic carbocycles. The maximum Gasteiger partial charge on any atom is 0.225 e. The van der Waals surface area contributed by atoms with Crippen molar-refractivity contribution in [2.45, 2.75) is 0 Å². The first-order valence-corrected chi connectivity index (χ1v) is 5.30. The molecule has 0 aromatic rings. The Labute approximate surface area is 77.2 Å². The molecule has 0 atom stereocenters. The summed E-state index contributed by atoms with van der Waals surface area (Å²) in [6.45, 7) is 0.389. The first-order valence-electron chi connectivity index (χ1n) is 3.65. The number of nitriles is 1. The van der Waals surface area contributed by atoms with Gasteiger partial charge in [-0.25, -0.2) is 13.1 Å². The fraction of sp³-hybridized carbons (Fsp3) is 0.833. The van der Waals surface area contributed by atoms with Crippen molar-refractivity contribution in [1.82, 2.24) is 4.72 Å². The lowest BCUT2D eigenvalue weighted by Gasteiger charge is -2.03. The highest BCUT2D eigenvalue weighted by Gasteiger charge is 2.07. The van der Waals surface area contributed by atoms with Gasteiger partial charge in [0.15, 0.2) is 5.75 Å². The molecule has 0 aromatic heterocycles. The summed E-state index contributed by atoms with van der Waals surface area (Å²) in [5.74, 6) is -0.549. The van der Waals surface area contributed by atoms with Gasteiger partial charge in [0, 0.05) is 6.54 Å². The van der Waals surface area contributed by atoms with Crippen LogP contribution in [0.3, 0.4) is 0 Å². The fourth-order valence-corrected chi connectivity index (χ4v) is 1.24. The Kier molecular flexibility index (Phi) is 6.44. The molecule has 0 radical (unpaired) electrons. The average molecular weight is 208 g/mol. The maximum absolute atomic E-state index is 10.8. The number of hydrogen-bond acceptors (Lipinski definition) is 5. The highest BCUT2D eigenvalue weighted by Crippen LogP contribution is 1.81. The summed E-state index contributed by atoms with van der Waals surface area (Å²) in [5.41, 5.74) is 0. The third-order valence-electron chi connectivity index (χ3n) is 1.06. The molecule has 0 amide bonds. The zero-order chi connectivity index (χ0) is 10.2. The molecule has 0 bridgehead atoms. The van der Waals surface area contributed by atoms with Gasteiger partial charge in [0.05, 0.1) is 25.9 Å². The van der Waals surface area contributed by atoms with Crippen LogP contribution in [0.5, 0.6) is 0 Å². The van der Waals surface area contributed by atoms with Crippen molar-refractivity contribution in [3.8, 4) is 6.07 Å². The number of sulfonamides is 1. The van der Waals surface area contributed by atoms with Gasteiger partial charge in [-0.15, -0.1) is 0 Å². The minimum Gasteiger partial charge on any atom is -0.394 e. The van der Waals surface area contributed by atoms with Crippen LogP contribution < -0.4 is 4.72 Å². The number of aliphatic hydroxyl groups is 1. The number of nitrogens with one attached hydrogen (secondary N) is 1. The Hall–Kier alpha value is -0.680. The zero-order valence-electron chi connectivity index (χ0n) is 7.06. The predicted molar refractivity (Wildman–Crippen MR) is 45.3 cm³/mol. The smallest absolute Gasteiger partial charge is 0.225 e. The summed E-state index contributed by atoms with van der Waals surface area (Å²) in [6.07, 6.45) is 0. The topological polar surface area (TPSA) is 99.4 Å². The van der Waals surface area contributed by atoms with Gasteiger partial charge in [0.1, 0.15) is 0 Å². The van der Waals surface area contributed by atoms with E-state index in [1.807, 2.05) is 0 Å². The van der Waals surface area contributed by atoms with E-state index < -0.39 is 15.8 Å². The van der Waals surface area contributed by atoms with Crippen LogP contribution in [0.4, 0.5) is 0 Å². The summed E-state index contributed by atoms with van der Waals surface area (Å²) in [7, 11) is -3.47. The van der Waals surface area contributed by atoms with E-state index in [1.54, 1.807) is 0 Å². The van der Waals surface area contributed by atoms with Crippen LogP contribution in [0, 0.1) is 11.3 Å². The lowest BCUT2D eigenvalue weighted by atomic mass is 10.7. The molecule has 7 heteroatoms. The number of nitrogens with zero attached hydrogens (tertiary/aromatic N) is 1. The molecule has 0 heterocycles.